The molecule has 0 unspecified atom stereocenters. The maximum absolute atomic E-state index is 13.4. The standard InChI is InChI=1S/C10H21F3O3SSi/c1-7(2)16-17(14,15)18(8(3)4,9(5)6)10(11,12)13/h7-9H,1-6H3. The zero-order valence-corrected chi connectivity index (χ0v) is 13.3. The Morgan fingerprint density at radius 3 is 1.44 bits per heavy atom. The molecule has 0 aromatic rings. The third kappa shape index (κ3) is 2.90. The van der Waals surface area contributed by atoms with Gasteiger partial charge in [0.2, 0.25) is 9.57 Å². The van der Waals surface area contributed by atoms with Crippen molar-refractivity contribution >= 4 is 16.8 Å². The molecule has 110 valence electrons. The molecule has 0 bridgehead atoms. The van der Waals surface area contributed by atoms with Crippen LogP contribution in [0.2, 0.25) is 11.1 Å². The van der Waals surface area contributed by atoms with E-state index in [0.29, 0.717) is 0 Å². The van der Waals surface area contributed by atoms with E-state index in [4.69, 9.17) is 0 Å². The lowest BCUT2D eigenvalue weighted by Crippen LogP contribution is -2.62. The normalized spacial score (nSPS) is 14.9. The monoisotopic (exact) mass is 306 g/mol. The van der Waals surface area contributed by atoms with E-state index in [9.17, 15) is 21.6 Å². The predicted octanol–water partition coefficient (Wildman–Crippen LogP) is 3.61. The highest BCUT2D eigenvalue weighted by molar-refractivity contribution is 8.19. The Labute approximate surface area is 107 Å². The van der Waals surface area contributed by atoms with Crippen LogP contribution in [0.4, 0.5) is 13.2 Å². The lowest BCUT2D eigenvalue weighted by molar-refractivity contribution is -0.0569. The molecule has 0 amide bonds. The van der Waals surface area contributed by atoms with Gasteiger partial charge in [0, 0.05) is 0 Å². The lowest BCUT2D eigenvalue weighted by atomic mass is 10.5. The highest BCUT2D eigenvalue weighted by atomic mass is 32.4. The molecule has 0 N–H and O–H groups in total. The van der Waals surface area contributed by atoms with Crippen LogP contribution in [0.25, 0.3) is 0 Å². The molecule has 3 nitrogen and oxygen atoms in total. The first-order chi connectivity index (χ1) is 7.80. The van der Waals surface area contributed by atoms with Gasteiger partial charge in [0.25, 0.3) is 0 Å². The molecular formula is C10H21F3O3SSi. The second kappa shape index (κ2) is 5.50. The largest absolute Gasteiger partial charge is 0.381 e. The summed E-state index contributed by atoms with van der Waals surface area (Å²) in [5.41, 5.74) is -2.00. The quantitative estimate of drug-likeness (QED) is 0.729. The van der Waals surface area contributed by atoms with E-state index in [-0.39, 0.29) is 0 Å². The minimum absolute atomic E-state index is 0.790. The van der Waals surface area contributed by atoms with Crippen LogP contribution in [0.3, 0.4) is 0 Å². The summed E-state index contributed by atoms with van der Waals surface area (Å²) in [4.78, 5) is 0. The van der Waals surface area contributed by atoms with E-state index < -0.39 is 39.8 Å². The Morgan fingerprint density at radius 2 is 1.28 bits per heavy atom. The fourth-order valence-electron chi connectivity index (χ4n) is 2.37. The maximum atomic E-state index is 13.4. The van der Waals surface area contributed by atoms with Gasteiger partial charge < -0.3 is 0 Å². The van der Waals surface area contributed by atoms with Crippen LogP contribution in [-0.4, -0.2) is 27.5 Å². The number of halogens is 3. The van der Waals surface area contributed by atoms with E-state index in [1.165, 1.54) is 41.5 Å². The summed E-state index contributed by atoms with van der Waals surface area (Å²) in [6.45, 7) is 8.05. The van der Waals surface area contributed by atoms with Gasteiger partial charge in [0.1, 0.15) is 0 Å². The number of hydrogen-bond acceptors (Lipinski definition) is 3. The average Bonchev–Trinajstić information content (AvgIpc) is 1.94. The molecule has 0 fully saturated rings. The highest BCUT2D eigenvalue weighted by Crippen LogP contribution is 2.49. The molecule has 0 heterocycles. The van der Waals surface area contributed by atoms with Crippen LogP contribution in [0.1, 0.15) is 41.5 Å². The van der Waals surface area contributed by atoms with Crippen molar-refractivity contribution in [2.75, 3.05) is 0 Å². The topological polar surface area (TPSA) is 43.4 Å². The summed E-state index contributed by atoms with van der Waals surface area (Å²) < 4.78 is 69.2. The van der Waals surface area contributed by atoms with Gasteiger partial charge in [0.15, 0.2) is 0 Å². The van der Waals surface area contributed by atoms with Gasteiger partial charge in [-0.15, -0.1) is 0 Å². The fourth-order valence-corrected chi connectivity index (χ4v) is 12.5. The SMILES string of the molecule is CC(C)OS(=O)(=O)[Si](C(C)C)(C(C)C)C(F)(F)F. The third-order valence-electron chi connectivity index (χ3n) is 2.89. The van der Waals surface area contributed by atoms with Gasteiger partial charge in [-0.1, -0.05) is 27.7 Å². The van der Waals surface area contributed by atoms with Gasteiger partial charge in [-0.25, -0.2) is 8.42 Å². The Kier molecular flexibility index (Phi) is 5.47. The fraction of sp³-hybridized carbons (Fsp3) is 1.00. The van der Waals surface area contributed by atoms with Gasteiger partial charge in [-0.2, -0.15) is 13.2 Å². The van der Waals surface area contributed by atoms with Crippen LogP contribution in [0, 0.1) is 0 Å². The van der Waals surface area contributed by atoms with E-state index in [0.717, 1.165) is 0 Å². The first-order valence-electron chi connectivity index (χ1n) is 5.80. The number of hydrogen-bond donors (Lipinski definition) is 0. The first-order valence-corrected chi connectivity index (χ1v) is 10.1. The molecule has 0 aromatic carbocycles. The van der Waals surface area contributed by atoms with Gasteiger partial charge >= 0.3 is 13.0 Å². The minimum Gasteiger partial charge on any atom is -0.273 e. The molecule has 8 heteroatoms. The van der Waals surface area contributed by atoms with E-state index >= 15 is 0 Å². The Balaban J connectivity index is 6.07. The van der Waals surface area contributed by atoms with Crippen LogP contribution in [0.15, 0.2) is 0 Å². The number of rotatable bonds is 5. The van der Waals surface area contributed by atoms with Crippen molar-refractivity contribution in [2.45, 2.75) is 64.5 Å². The molecule has 0 spiro atoms. The van der Waals surface area contributed by atoms with Gasteiger partial charge in [-0.05, 0) is 24.9 Å². The molecule has 0 saturated heterocycles. The molecular weight excluding hydrogens is 285 g/mol. The lowest BCUT2D eigenvalue weighted by Gasteiger charge is -2.38. The molecule has 0 aromatic heterocycles. The van der Waals surface area contributed by atoms with Crippen molar-refractivity contribution in [3.63, 3.8) is 0 Å². The minimum atomic E-state index is -4.75. The van der Waals surface area contributed by atoms with Crippen molar-refractivity contribution in [3.05, 3.63) is 0 Å². The predicted molar refractivity (Wildman–Crippen MR) is 67.1 cm³/mol. The Hall–Kier alpha value is -0.0831. The van der Waals surface area contributed by atoms with E-state index in [2.05, 4.69) is 4.18 Å². The summed E-state index contributed by atoms with van der Waals surface area (Å²) in [6, 6.07) is 0. The van der Waals surface area contributed by atoms with Crippen molar-refractivity contribution in [2.24, 2.45) is 0 Å². The van der Waals surface area contributed by atoms with Crippen molar-refractivity contribution in [3.8, 4) is 0 Å². The molecule has 0 aliphatic carbocycles. The second-order valence-corrected chi connectivity index (χ2v) is 14.3. The van der Waals surface area contributed by atoms with Crippen molar-refractivity contribution in [1.82, 2.24) is 0 Å². The van der Waals surface area contributed by atoms with E-state index in [1.807, 2.05) is 0 Å². The summed E-state index contributed by atoms with van der Waals surface area (Å²) in [7, 11) is -9.32. The van der Waals surface area contributed by atoms with Crippen LogP contribution >= 0.6 is 0 Å². The Bertz CT molecular complexity index is 366. The zero-order chi connectivity index (χ0) is 14.9. The van der Waals surface area contributed by atoms with Crippen molar-refractivity contribution < 1.29 is 25.8 Å². The molecule has 0 aliphatic heterocycles. The zero-order valence-electron chi connectivity index (χ0n) is 11.5. The van der Waals surface area contributed by atoms with E-state index in [1.54, 1.807) is 0 Å². The van der Waals surface area contributed by atoms with Gasteiger partial charge in [-0.3, -0.25) is 4.18 Å². The Morgan fingerprint density at radius 1 is 0.944 bits per heavy atom. The summed E-state index contributed by atoms with van der Waals surface area (Å²) >= 11 is 0. The summed E-state index contributed by atoms with van der Waals surface area (Å²) in [5, 5.41) is 0. The van der Waals surface area contributed by atoms with Crippen molar-refractivity contribution in [1.29, 1.82) is 0 Å². The van der Waals surface area contributed by atoms with Crippen LogP contribution in [-0.2, 0) is 13.8 Å². The summed E-state index contributed by atoms with van der Waals surface area (Å²) in [5.74, 6) is -4.75. The number of alkyl halides is 3. The smallest absolute Gasteiger partial charge is 0.273 e. The molecule has 0 aliphatic rings. The molecule has 18 heavy (non-hydrogen) atoms. The van der Waals surface area contributed by atoms with Crippen LogP contribution in [0.5, 0.6) is 0 Å². The highest BCUT2D eigenvalue weighted by Gasteiger charge is 2.72. The molecule has 0 radical (unpaired) electrons. The van der Waals surface area contributed by atoms with Gasteiger partial charge in [0.05, 0.1) is 6.10 Å². The van der Waals surface area contributed by atoms with Crippen LogP contribution < -0.4 is 0 Å². The molecule has 0 atom stereocenters. The third-order valence-corrected chi connectivity index (χ3v) is 15.0. The maximum Gasteiger partial charge on any atom is 0.381 e. The average molecular weight is 306 g/mol. The molecule has 0 saturated carbocycles. The summed E-state index contributed by atoms with van der Waals surface area (Å²) in [6.07, 6.45) is -0.790. The second-order valence-electron chi connectivity index (χ2n) is 5.20. The first kappa shape index (κ1) is 17.9. The molecule has 0 rings (SSSR count).